The van der Waals surface area contributed by atoms with Crippen molar-refractivity contribution in [1.82, 2.24) is 24.3 Å². The fourth-order valence-corrected chi connectivity index (χ4v) is 6.13. The van der Waals surface area contributed by atoms with Crippen molar-refractivity contribution in [1.29, 1.82) is 0 Å². The minimum atomic E-state index is -4.32. The average molecular weight is 615 g/mol. The first-order valence-corrected chi connectivity index (χ1v) is 14.7. The molecule has 5 rings (SSSR count). The highest BCUT2D eigenvalue weighted by Crippen LogP contribution is 2.47. The number of halogens is 3. The molecule has 0 aromatic carbocycles. The Hall–Kier alpha value is -2.68. The molecular weight excluding hydrogens is 569 g/mol. The summed E-state index contributed by atoms with van der Waals surface area (Å²) in [5, 5.41) is 9.33. The molecule has 5 heterocycles. The Labute approximate surface area is 250 Å². The predicted octanol–water partition coefficient (Wildman–Crippen LogP) is 4.85. The molecule has 14 heteroatoms. The van der Waals surface area contributed by atoms with Gasteiger partial charge >= 0.3 is 12.3 Å². The molecule has 2 aromatic rings. The number of ether oxygens (including phenoxy) is 3. The fourth-order valence-electron chi connectivity index (χ4n) is 6.13. The zero-order valence-corrected chi connectivity index (χ0v) is 25.9. The summed E-state index contributed by atoms with van der Waals surface area (Å²) in [6.07, 6.45) is 0.614. The van der Waals surface area contributed by atoms with Crippen molar-refractivity contribution < 1.29 is 37.3 Å². The van der Waals surface area contributed by atoms with Gasteiger partial charge in [0.25, 0.3) is 0 Å². The number of aromatic nitrogens is 3. The van der Waals surface area contributed by atoms with Crippen molar-refractivity contribution in [3.8, 4) is 0 Å². The molecule has 1 amide bonds. The lowest BCUT2D eigenvalue weighted by Gasteiger charge is -2.47. The summed E-state index contributed by atoms with van der Waals surface area (Å²) in [6, 6.07) is 0.317. The first-order chi connectivity index (χ1) is 19.9. The van der Waals surface area contributed by atoms with E-state index in [-0.39, 0.29) is 25.3 Å². The summed E-state index contributed by atoms with van der Waals surface area (Å²) in [6.45, 7) is 9.51. The molecule has 43 heavy (non-hydrogen) atoms. The molecule has 1 spiro atoms. The van der Waals surface area contributed by atoms with Gasteiger partial charge in [0.1, 0.15) is 35.7 Å². The topological polar surface area (TPSA) is 128 Å². The van der Waals surface area contributed by atoms with E-state index in [9.17, 15) is 18.0 Å². The lowest BCUT2D eigenvalue weighted by Crippen LogP contribution is -2.59. The minimum Gasteiger partial charge on any atom is -0.444 e. The van der Waals surface area contributed by atoms with Crippen molar-refractivity contribution in [3.05, 3.63) is 18.6 Å². The van der Waals surface area contributed by atoms with E-state index in [0.29, 0.717) is 56.7 Å². The highest BCUT2D eigenvalue weighted by atomic mass is 19.4. The van der Waals surface area contributed by atoms with Gasteiger partial charge in [0.15, 0.2) is 5.79 Å². The number of aliphatic hydroxyl groups is 1. The molecule has 3 atom stereocenters. The van der Waals surface area contributed by atoms with E-state index in [2.05, 4.69) is 14.7 Å². The highest BCUT2D eigenvalue weighted by molar-refractivity contribution is 5.86. The van der Waals surface area contributed by atoms with Crippen molar-refractivity contribution in [2.45, 2.75) is 115 Å². The van der Waals surface area contributed by atoms with Gasteiger partial charge in [0.05, 0.1) is 11.5 Å². The van der Waals surface area contributed by atoms with Crippen molar-refractivity contribution in [3.63, 3.8) is 0 Å². The molecule has 3 aliphatic heterocycles. The molecule has 3 saturated heterocycles. The molecule has 11 nitrogen and oxygen atoms in total. The van der Waals surface area contributed by atoms with Gasteiger partial charge < -0.3 is 34.5 Å². The van der Waals surface area contributed by atoms with Crippen LogP contribution < -0.4 is 5.73 Å². The molecule has 2 aromatic heterocycles. The number of hydrogen-bond acceptors (Lipinski definition) is 9. The van der Waals surface area contributed by atoms with Crippen LogP contribution in [0.3, 0.4) is 0 Å². The van der Waals surface area contributed by atoms with E-state index in [1.54, 1.807) is 44.4 Å². The van der Waals surface area contributed by atoms with Crippen molar-refractivity contribution in [2.24, 2.45) is 0 Å². The van der Waals surface area contributed by atoms with Crippen LogP contribution in [-0.4, -0.2) is 97.5 Å². The Kier molecular flexibility index (Phi) is 9.56. The molecule has 0 saturated carbocycles. The first-order valence-electron chi connectivity index (χ1n) is 14.7. The van der Waals surface area contributed by atoms with E-state index in [4.69, 9.17) is 20.3 Å². The summed E-state index contributed by atoms with van der Waals surface area (Å²) in [5.74, 6) is -0.581. The maximum absolute atomic E-state index is 14.1. The SMILES string of the molecule is CC(C)(C)OC(=O)N1CCC2(CCC(C(F)(F)F)N2C[C@@H]2CC[C@H](n3ccc4c(N)ncnc43)O2)CC1.COC(C)(C)O. The summed E-state index contributed by atoms with van der Waals surface area (Å²) in [4.78, 5) is 24.1. The quantitative estimate of drug-likeness (QED) is 0.465. The number of anilines is 1. The van der Waals surface area contributed by atoms with Gasteiger partial charge in [-0.1, -0.05) is 0 Å². The van der Waals surface area contributed by atoms with Crippen LogP contribution in [0, 0.1) is 0 Å². The second-order valence-electron chi connectivity index (χ2n) is 13.1. The number of carbonyl (C=O) groups excluding carboxylic acids is 1. The van der Waals surface area contributed by atoms with E-state index in [0.717, 1.165) is 5.39 Å². The molecule has 1 unspecified atom stereocenters. The molecule has 0 aliphatic carbocycles. The van der Waals surface area contributed by atoms with Gasteiger partial charge in [-0.25, -0.2) is 14.8 Å². The standard InChI is InChI=1S/C25H35F3N6O3.C4H10O2/c1-23(2,3)37-22(35)32-12-9-24(10-13-32)8-6-18(25(26,27)28)34(24)14-16-4-5-19(36-16)33-11-7-17-20(29)30-15-31-21(17)33;1-4(2,5)6-3/h7,11,15-16,18-19H,4-6,8-10,12-14H2,1-3H3,(H2,29,30,31);5H,1-3H3/t16-,18?,19+;/m0./s1. The number of hydrogen-bond donors (Lipinski definition) is 2. The molecule has 0 bridgehead atoms. The van der Waals surface area contributed by atoms with Gasteiger partial charge in [-0.15, -0.1) is 0 Å². The highest BCUT2D eigenvalue weighted by Gasteiger charge is 2.57. The van der Waals surface area contributed by atoms with Crippen LogP contribution >= 0.6 is 0 Å². The smallest absolute Gasteiger partial charge is 0.410 e. The normalized spacial score (nSPS) is 24.8. The van der Waals surface area contributed by atoms with Crippen LogP contribution in [0.25, 0.3) is 11.0 Å². The average Bonchev–Trinajstić information content (AvgIpc) is 3.62. The van der Waals surface area contributed by atoms with Crippen LogP contribution in [0.4, 0.5) is 23.8 Å². The van der Waals surface area contributed by atoms with E-state index < -0.39 is 35.2 Å². The first kappa shape index (κ1) is 33.2. The number of amides is 1. The molecule has 3 N–H and O–H groups in total. The van der Waals surface area contributed by atoms with E-state index in [1.165, 1.54) is 13.4 Å². The molecule has 3 fully saturated rings. The number of piperidine rings is 1. The number of methoxy groups -OCH3 is 1. The van der Waals surface area contributed by atoms with Crippen LogP contribution in [0.15, 0.2) is 18.6 Å². The van der Waals surface area contributed by atoms with Crippen molar-refractivity contribution >= 4 is 22.9 Å². The van der Waals surface area contributed by atoms with Gasteiger partial charge in [-0.05, 0) is 79.2 Å². The van der Waals surface area contributed by atoms with Gasteiger partial charge in [0.2, 0.25) is 0 Å². The van der Waals surface area contributed by atoms with E-state index >= 15 is 0 Å². The van der Waals surface area contributed by atoms with Gasteiger partial charge in [0, 0.05) is 38.5 Å². The number of nitrogens with two attached hydrogens (primary N) is 1. The van der Waals surface area contributed by atoms with Crippen LogP contribution in [0.1, 0.15) is 79.4 Å². The molecule has 0 radical (unpaired) electrons. The van der Waals surface area contributed by atoms with Crippen LogP contribution in [-0.2, 0) is 14.2 Å². The number of fused-ring (bicyclic) bond motifs is 1. The fraction of sp³-hybridized carbons (Fsp3) is 0.759. The zero-order chi connectivity index (χ0) is 31.8. The number of nitrogens with zero attached hydrogens (tertiary/aromatic N) is 5. The van der Waals surface area contributed by atoms with Crippen molar-refractivity contribution in [2.75, 3.05) is 32.5 Å². The Balaban J connectivity index is 0.000000641. The van der Waals surface area contributed by atoms with Crippen LogP contribution in [0.2, 0.25) is 0 Å². The number of nitrogen functional groups attached to an aromatic ring is 1. The second kappa shape index (κ2) is 12.4. The van der Waals surface area contributed by atoms with Gasteiger partial charge in [-0.2, -0.15) is 13.2 Å². The van der Waals surface area contributed by atoms with Gasteiger partial charge in [-0.3, -0.25) is 4.90 Å². The maximum Gasteiger partial charge on any atom is 0.410 e. The number of alkyl halides is 3. The molecule has 242 valence electrons. The summed E-state index contributed by atoms with van der Waals surface area (Å²) in [7, 11) is 1.46. The lowest BCUT2D eigenvalue weighted by molar-refractivity contribution is -0.192. The van der Waals surface area contributed by atoms with Crippen LogP contribution in [0.5, 0.6) is 0 Å². The third-order valence-corrected chi connectivity index (χ3v) is 8.43. The lowest BCUT2D eigenvalue weighted by atomic mass is 9.85. The Morgan fingerprint density at radius 3 is 2.35 bits per heavy atom. The Bertz CT molecular complexity index is 1250. The zero-order valence-electron chi connectivity index (χ0n) is 25.9. The largest absolute Gasteiger partial charge is 0.444 e. The Morgan fingerprint density at radius 2 is 1.77 bits per heavy atom. The third kappa shape index (κ3) is 7.89. The summed E-state index contributed by atoms with van der Waals surface area (Å²) in [5.41, 5.74) is 5.37. The summed E-state index contributed by atoms with van der Waals surface area (Å²) < 4.78 is 60.5. The molecule has 3 aliphatic rings. The summed E-state index contributed by atoms with van der Waals surface area (Å²) >= 11 is 0. The number of rotatable bonds is 4. The minimum absolute atomic E-state index is 0.0600. The molecular formula is C29H45F3N6O5. The Morgan fingerprint density at radius 1 is 1.12 bits per heavy atom. The third-order valence-electron chi connectivity index (χ3n) is 8.43. The maximum atomic E-state index is 14.1. The predicted molar refractivity (Wildman–Crippen MR) is 154 cm³/mol. The van der Waals surface area contributed by atoms with E-state index in [1.807, 2.05) is 16.8 Å². The monoisotopic (exact) mass is 614 g/mol. The second-order valence-corrected chi connectivity index (χ2v) is 13.1. The number of likely N-dealkylation sites (tertiary alicyclic amines) is 2. The number of carbonyl (C=O) groups is 1.